The topological polar surface area (TPSA) is 52.6 Å². The number of hydrogen-bond donors (Lipinski definition) is 0. The van der Waals surface area contributed by atoms with E-state index >= 15 is 0 Å². The van der Waals surface area contributed by atoms with Crippen molar-refractivity contribution in [2.75, 3.05) is 0 Å². The van der Waals surface area contributed by atoms with Crippen LogP contribution in [0, 0.1) is 0 Å². The minimum atomic E-state index is -0.551. The Labute approximate surface area is 88.6 Å². The Morgan fingerprint density at radius 1 is 1.27 bits per heavy atom. The number of esters is 2. The van der Waals surface area contributed by atoms with E-state index in [0.29, 0.717) is 12.2 Å². The number of allylic oxidation sites excluding steroid dienone is 1. The Bertz CT molecular complexity index is 338. The summed E-state index contributed by atoms with van der Waals surface area (Å²) in [6, 6.07) is 0. The summed E-state index contributed by atoms with van der Waals surface area (Å²) in [7, 11) is 0. The molecular weight excluding hydrogens is 196 g/mol. The van der Waals surface area contributed by atoms with Gasteiger partial charge in [0.25, 0.3) is 0 Å². The molecule has 1 atom stereocenters. The number of carbonyl (C=O) groups is 2. The van der Waals surface area contributed by atoms with E-state index in [1.807, 2.05) is 6.92 Å². The number of carbonyl (C=O) groups excluding carboxylic acids is 2. The Morgan fingerprint density at radius 2 is 1.87 bits per heavy atom. The molecule has 1 unspecified atom stereocenters. The van der Waals surface area contributed by atoms with Crippen LogP contribution in [0.4, 0.5) is 0 Å². The van der Waals surface area contributed by atoms with Crippen LogP contribution in [0.2, 0.25) is 0 Å². The van der Waals surface area contributed by atoms with Gasteiger partial charge in [-0.15, -0.1) is 0 Å². The highest BCUT2D eigenvalue weighted by Gasteiger charge is 2.18. The van der Waals surface area contributed by atoms with Crippen molar-refractivity contribution in [1.29, 1.82) is 0 Å². The molecular formula is C11H14O4. The molecule has 0 aromatic rings. The van der Waals surface area contributed by atoms with Crippen molar-refractivity contribution in [3.63, 3.8) is 0 Å². The van der Waals surface area contributed by atoms with Crippen LogP contribution >= 0.6 is 0 Å². The summed E-state index contributed by atoms with van der Waals surface area (Å²) in [6.07, 6.45) is 2.45. The lowest BCUT2D eigenvalue weighted by Crippen LogP contribution is -2.16. The van der Waals surface area contributed by atoms with Crippen LogP contribution in [0.25, 0.3) is 0 Å². The molecule has 0 aromatic carbocycles. The molecule has 1 heterocycles. The van der Waals surface area contributed by atoms with E-state index < -0.39 is 11.9 Å². The van der Waals surface area contributed by atoms with Crippen molar-refractivity contribution >= 4 is 11.9 Å². The molecule has 1 aliphatic heterocycles. The standard InChI is InChI=1S/C11H14O4/c1-4-9-7(2)14-10(12)5-6-11(13)15-8(9)3/h5-7H,4H2,1-3H3/b6-5-,9-8-. The first-order valence-corrected chi connectivity index (χ1v) is 4.84. The van der Waals surface area contributed by atoms with Crippen LogP contribution in [0.3, 0.4) is 0 Å². The highest BCUT2D eigenvalue weighted by Crippen LogP contribution is 2.18. The van der Waals surface area contributed by atoms with Gasteiger partial charge < -0.3 is 9.47 Å². The van der Waals surface area contributed by atoms with Crippen molar-refractivity contribution in [3.8, 4) is 0 Å². The molecule has 0 fully saturated rings. The Balaban J connectivity index is 3.04. The molecule has 0 radical (unpaired) electrons. The fraction of sp³-hybridized carbons (Fsp3) is 0.455. The molecule has 0 saturated heterocycles. The second-order valence-corrected chi connectivity index (χ2v) is 3.27. The summed E-state index contributed by atoms with van der Waals surface area (Å²) < 4.78 is 10.1. The summed E-state index contributed by atoms with van der Waals surface area (Å²) in [5, 5.41) is 0. The quantitative estimate of drug-likeness (QED) is 0.618. The van der Waals surface area contributed by atoms with Crippen LogP contribution in [-0.2, 0) is 19.1 Å². The maximum Gasteiger partial charge on any atom is 0.336 e. The molecule has 0 amide bonds. The summed E-state index contributed by atoms with van der Waals surface area (Å²) >= 11 is 0. The average Bonchev–Trinajstić information content (AvgIpc) is 2.18. The van der Waals surface area contributed by atoms with Crippen LogP contribution in [-0.4, -0.2) is 18.0 Å². The largest absolute Gasteiger partial charge is 0.455 e. The van der Waals surface area contributed by atoms with Gasteiger partial charge in [0.1, 0.15) is 11.9 Å². The highest BCUT2D eigenvalue weighted by molar-refractivity contribution is 5.92. The zero-order valence-electron chi connectivity index (χ0n) is 9.07. The fourth-order valence-electron chi connectivity index (χ4n) is 1.49. The first-order chi connectivity index (χ1) is 7.04. The van der Waals surface area contributed by atoms with Crippen LogP contribution in [0.15, 0.2) is 23.5 Å². The lowest BCUT2D eigenvalue weighted by Gasteiger charge is -2.16. The third-order valence-corrected chi connectivity index (χ3v) is 2.23. The van der Waals surface area contributed by atoms with Gasteiger partial charge in [-0.3, -0.25) is 0 Å². The molecule has 0 saturated carbocycles. The van der Waals surface area contributed by atoms with Gasteiger partial charge >= 0.3 is 11.9 Å². The number of hydrogen-bond acceptors (Lipinski definition) is 4. The molecule has 0 spiro atoms. The molecule has 4 nitrogen and oxygen atoms in total. The molecule has 4 heteroatoms. The molecule has 15 heavy (non-hydrogen) atoms. The smallest absolute Gasteiger partial charge is 0.336 e. The van der Waals surface area contributed by atoms with E-state index in [1.54, 1.807) is 13.8 Å². The van der Waals surface area contributed by atoms with Gasteiger partial charge in [-0.2, -0.15) is 0 Å². The van der Waals surface area contributed by atoms with Gasteiger partial charge in [0.05, 0.1) is 0 Å². The predicted octanol–water partition coefficient (Wildman–Crippen LogP) is 1.72. The minimum Gasteiger partial charge on any atom is -0.455 e. The first-order valence-electron chi connectivity index (χ1n) is 4.84. The van der Waals surface area contributed by atoms with E-state index in [4.69, 9.17) is 9.47 Å². The van der Waals surface area contributed by atoms with Crippen molar-refractivity contribution < 1.29 is 19.1 Å². The second kappa shape index (κ2) is 4.77. The van der Waals surface area contributed by atoms with Crippen molar-refractivity contribution in [2.24, 2.45) is 0 Å². The van der Waals surface area contributed by atoms with E-state index in [1.165, 1.54) is 0 Å². The third kappa shape index (κ3) is 2.94. The predicted molar refractivity (Wildman–Crippen MR) is 53.8 cm³/mol. The summed E-state index contributed by atoms with van der Waals surface area (Å²) in [5.74, 6) is -0.570. The van der Waals surface area contributed by atoms with Crippen LogP contribution < -0.4 is 0 Å². The van der Waals surface area contributed by atoms with Crippen molar-refractivity contribution in [2.45, 2.75) is 33.3 Å². The summed E-state index contributed by atoms with van der Waals surface area (Å²) in [6.45, 7) is 5.37. The van der Waals surface area contributed by atoms with E-state index in [-0.39, 0.29) is 6.10 Å². The van der Waals surface area contributed by atoms with Gasteiger partial charge in [0, 0.05) is 17.7 Å². The van der Waals surface area contributed by atoms with Crippen molar-refractivity contribution in [3.05, 3.63) is 23.5 Å². The third-order valence-electron chi connectivity index (χ3n) is 2.23. The van der Waals surface area contributed by atoms with E-state index in [9.17, 15) is 9.59 Å². The maximum atomic E-state index is 11.2. The molecule has 82 valence electrons. The summed E-state index contributed by atoms with van der Waals surface area (Å²) in [4.78, 5) is 22.3. The lowest BCUT2D eigenvalue weighted by molar-refractivity contribution is -0.140. The molecule has 0 N–H and O–H groups in total. The van der Waals surface area contributed by atoms with Gasteiger partial charge in [0.15, 0.2) is 0 Å². The zero-order valence-corrected chi connectivity index (χ0v) is 9.07. The monoisotopic (exact) mass is 210 g/mol. The number of cyclic esters (lactones) is 2. The first kappa shape index (κ1) is 11.5. The number of ether oxygens (including phenoxy) is 2. The Kier molecular flexibility index (Phi) is 3.66. The second-order valence-electron chi connectivity index (χ2n) is 3.27. The zero-order chi connectivity index (χ0) is 11.4. The van der Waals surface area contributed by atoms with Crippen molar-refractivity contribution in [1.82, 2.24) is 0 Å². The summed E-state index contributed by atoms with van der Waals surface area (Å²) in [5.41, 5.74) is 0.820. The fourth-order valence-corrected chi connectivity index (χ4v) is 1.49. The average molecular weight is 210 g/mol. The van der Waals surface area contributed by atoms with Gasteiger partial charge in [0.2, 0.25) is 0 Å². The van der Waals surface area contributed by atoms with Gasteiger partial charge in [-0.05, 0) is 20.3 Å². The molecule has 1 rings (SSSR count). The molecule has 0 aliphatic carbocycles. The Morgan fingerprint density at radius 3 is 2.47 bits per heavy atom. The minimum absolute atomic E-state index is 0.363. The SMILES string of the molecule is CC/C1=C(\C)OC(=O)/C=C\C(=O)OC1C. The normalized spacial score (nSPS) is 29.7. The van der Waals surface area contributed by atoms with E-state index in [2.05, 4.69) is 0 Å². The van der Waals surface area contributed by atoms with Gasteiger partial charge in [-0.1, -0.05) is 6.92 Å². The maximum absolute atomic E-state index is 11.2. The highest BCUT2D eigenvalue weighted by atomic mass is 16.6. The molecule has 1 aliphatic rings. The van der Waals surface area contributed by atoms with E-state index in [0.717, 1.165) is 17.7 Å². The molecule has 0 aromatic heterocycles. The van der Waals surface area contributed by atoms with Crippen LogP contribution in [0.1, 0.15) is 27.2 Å². The number of rotatable bonds is 1. The van der Waals surface area contributed by atoms with Gasteiger partial charge in [-0.25, -0.2) is 9.59 Å². The lowest BCUT2D eigenvalue weighted by atomic mass is 10.1. The Hall–Kier alpha value is -1.58. The van der Waals surface area contributed by atoms with Crippen LogP contribution in [0.5, 0.6) is 0 Å². The molecule has 0 bridgehead atoms.